The molecule has 3 nitrogen and oxygen atoms in total. The third kappa shape index (κ3) is 2.78. The van der Waals surface area contributed by atoms with Gasteiger partial charge in [0, 0.05) is 18.2 Å². The van der Waals surface area contributed by atoms with Gasteiger partial charge in [0.1, 0.15) is 6.10 Å². The van der Waals surface area contributed by atoms with E-state index in [1.54, 1.807) is 6.07 Å². The molecule has 0 spiro atoms. The van der Waals surface area contributed by atoms with Crippen LogP contribution in [0.15, 0.2) is 24.3 Å². The number of hydrogen-bond donors (Lipinski definition) is 0. The Labute approximate surface area is 121 Å². The van der Waals surface area contributed by atoms with E-state index in [2.05, 4.69) is 4.98 Å². The summed E-state index contributed by atoms with van der Waals surface area (Å²) in [6.07, 6.45) is 1.90. The highest BCUT2D eigenvalue weighted by atomic mass is 35.5. The number of halogens is 2. The minimum absolute atomic E-state index is 0.143. The number of benzene rings is 1. The smallest absolute Gasteiger partial charge is 0.171 e. The van der Waals surface area contributed by atoms with Gasteiger partial charge >= 0.3 is 0 Å². The zero-order chi connectivity index (χ0) is 13.2. The Kier molecular flexibility index (Phi) is 3.78. The second-order valence-corrected chi connectivity index (χ2v) is 5.28. The maximum absolute atomic E-state index is 6.17. The summed E-state index contributed by atoms with van der Waals surface area (Å²) in [6, 6.07) is 7.53. The summed E-state index contributed by atoms with van der Waals surface area (Å²) in [4.78, 5) is 4.32. The van der Waals surface area contributed by atoms with Gasteiger partial charge in [0.05, 0.1) is 23.8 Å². The minimum Gasteiger partial charge on any atom is -0.487 e. The number of ether oxygens (including phenoxy) is 2. The van der Waals surface area contributed by atoms with Gasteiger partial charge in [0.2, 0.25) is 0 Å². The molecule has 1 aliphatic rings. The van der Waals surface area contributed by atoms with E-state index < -0.39 is 0 Å². The van der Waals surface area contributed by atoms with E-state index in [-0.39, 0.29) is 6.10 Å². The summed E-state index contributed by atoms with van der Waals surface area (Å²) in [5.74, 6) is 0.614. The van der Waals surface area contributed by atoms with Crippen LogP contribution < -0.4 is 4.74 Å². The first kappa shape index (κ1) is 13.0. The van der Waals surface area contributed by atoms with E-state index in [1.165, 1.54) is 0 Å². The van der Waals surface area contributed by atoms with Gasteiger partial charge in [-0.05, 0) is 12.1 Å². The molecule has 2 heterocycles. The van der Waals surface area contributed by atoms with Crippen molar-refractivity contribution in [2.45, 2.75) is 18.9 Å². The van der Waals surface area contributed by atoms with Gasteiger partial charge in [0.15, 0.2) is 10.9 Å². The molecule has 0 radical (unpaired) electrons. The predicted octanol–water partition coefficient (Wildman–Crippen LogP) is 4.10. The van der Waals surface area contributed by atoms with Crippen molar-refractivity contribution < 1.29 is 9.47 Å². The van der Waals surface area contributed by atoms with E-state index in [0.717, 1.165) is 31.4 Å². The maximum atomic E-state index is 6.17. The van der Waals surface area contributed by atoms with Crippen molar-refractivity contribution in [1.29, 1.82) is 0 Å². The van der Waals surface area contributed by atoms with Crippen LogP contribution in [0.25, 0.3) is 10.9 Å². The first-order valence-corrected chi connectivity index (χ1v) is 6.99. The normalized spacial score (nSPS) is 16.7. The molecule has 0 saturated carbocycles. The lowest BCUT2D eigenvalue weighted by molar-refractivity contribution is 0.0255. The number of para-hydroxylation sites is 1. The first-order chi connectivity index (χ1) is 9.24. The maximum Gasteiger partial charge on any atom is 0.171 e. The Morgan fingerprint density at radius 3 is 2.79 bits per heavy atom. The lowest BCUT2D eigenvalue weighted by atomic mass is 10.1. The summed E-state index contributed by atoms with van der Waals surface area (Å²) >= 11 is 12.3. The van der Waals surface area contributed by atoms with Crippen LogP contribution in [0.4, 0.5) is 0 Å². The zero-order valence-electron chi connectivity index (χ0n) is 10.2. The van der Waals surface area contributed by atoms with Crippen molar-refractivity contribution in [3.8, 4) is 5.75 Å². The van der Waals surface area contributed by atoms with Gasteiger partial charge in [-0.15, -0.1) is 0 Å². The summed E-state index contributed by atoms with van der Waals surface area (Å²) in [5.41, 5.74) is 0.702. The molecular formula is C14H13Cl2NO2. The Hall–Kier alpha value is -1.03. The van der Waals surface area contributed by atoms with Crippen LogP contribution in [0.2, 0.25) is 10.2 Å². The number of aromatic nitrogens is 1. The van der Waals surface area contributed by atoms with Crippen LogP contribution in [0.3, 0.4) is 0 Å². The average Bonchev–Trinajstić information content (AvgIpc) is 2.42. The van der Waals surface area contributed by atoms with Crippen molar-refractivity contribution in [3.05, 3.63) is 34.4 Å². The van der Waals surface area contributed by atoms with Crippen molar-refractivity contribution in [1.82, 2.24) is 4.98 Å². The van der Waals surface area contributed by atoms with Gasteiger partial charge in [-0.3, -0.25) is 0 Å². The number of nitrogens with zero attached hydrogens (tertiary/aromatic N) is 1. The Bertz CT molecular complexity index is 597. The van der Waals surface area contributed by atoms with Gasteiger partial charge in [0.25, 0.3) is 0 Å². The van der Waals surface area contributed by atoms with Crippen LogP contribution in [-0.4, -0.2) is 24.3 Å². The quantitative estimate of drug-likeness (QED) is 0.782. The number of rotatable bonds is 2. The second-order valence-electron chi connectivity index (χ2n) is 4.52. The number of pyridine rings is 1. The molecular weight excluding hydrogens is 285 g/mol. The number of hydrogen-bond acceptors (Lipinski definition) is 3. The molecule has 1 aromatic carbocycles. The Balaban J connectivity index is 1.92. The van der Waals surface area contributed by atoms with Crippen molar-refractivity contribution in [2.24, 2.45) is 0 Å². The molecule has 0 aliphatic carbocycles. The molecule has 3 rings (SSSR count). The SMILES string of the molecule is Clc1nc2c(Cl)cccc2cc1OC1CCOCC1. The summed E-state index contributed by atoms with van der Waals surface area (Å²) in [6.45, 7) is 1.46. The largest absolute Gasteiger partial charge is 0.487 e. The van der Waals surface area contributed by atoms with Crippen molar-refractivity contribution in [3.63, 3.8) is 0 Å². The second kappa shape index (κ2) is 5.53. The molecule has 100 valence electrons. The van der Waals surface area contributed by atoms with E-state index in [4.69, 9.17) is 32.7 Å². The molecule has 1 aliphatic heterocycles. The summed E-state index contributed by atoms with van der Waals surface area (Å²) in [5, 5.41) is 1.88. The molecule has 1 aromatic heterocycles. The standard InChI is InChI=1S/C14H13Cl2NO2/c15-11-3-1-2-9-8-12(14(16)17-13(9)11)19-10-4-6-18-7-5-10/h1-3,8,10H,4-7H2. The average molecular weight is 298 g/mol. The van der Waals surface area contributed by atoms with E-state index in [9.17, 15) is 0 Å². The van der Waals surface area contributed by atoms with E-state index >= 15 is 0 Å². The third-order valence-electron chi connectivity index (χ3n) is 3.18. The molecule has 1 saturated heterocycles. The molecule has 0 N–H and O–H groups in total. The van der Waals surface area contributed by atoms with Crippen molar-refractivity contribution >= 4 is 34.1 Å². The van der Waals surface area contributed by atoms with Crippen LogP contribution in [0.5, 0.6) is 5.75 Å². The number of fused-ring (bicyclic) bond motifs is 1. The fourth-order valence-corrected chi connectivity index (χ4v) is 2.58. The molecule has 0 amide bonds. The Morgan fingerprint density at radius 1 is 1.21 bits per heavy atom. The van der Waals surface area contributed by atoms with Crippen molar-refractivity contribution in [2.75, 3.05) is 13.2 Å². The third-order valence-corrected chi connectivity index (χ3v) is 3.76. The topological polar surface area (TPSA) is 31.4 Å². The molecule has 1 fully saturated rings. The highest BCUT2D eigenvalue weighted by molar-refractivity contribution is 6.36. The lowest BCUT2D eigenvalue weighted by Gasteiger charge is -2.23. The van der Waals surface area contributed by atoms with Crippen LogP contribution in [0, 0.1) is 0 Å². The van der Waals surface area contributed by atoms with Crippen LogP contribution in [0.1, 0.15) is 12.8 Å². The van der Waals surface area contributed by atoms with Gasteiger partial charge in [-0.1, -0.05) is 35.3 Å². The molecule has 2 aromatic rings. The van der Waals surface area contributed by atoms with Gasteiger partial charge in [-0.2, -0.15) is 0 Å². The zero-order valence-corrected chi connectivity index (χ0v) is 11.7. The fourth-order valence-electron chi connectivity index (χ4n) is 2.18. The van der Waals surface area contributed by atoms with Crippen LogP contribution in [-0.2, 0) is 4.74 Å². The molecule has 0 unspecified atom stereocenters. The van der Waals surface area contributed by atoms with E-state index in [1.807, 2.05) is 18.2 Å². The minimum atomic E-state index is 0.143. The summed E-state index contributed by atoms with van der Waals surface area (Å²) < 4.78 is 11.2. The van der Waals surface area contributed by atoms with Gasteiger partial charge in [-0.25, -0.2) is 4.98 Å². The summed E-state index contributed by atoms with van der Waals surface area (Å²) in [7, 11) is 0. The highest BCUT2D eigenvalue weighted by Gasteiger charge is 2.17. The van der Waals surface area contributed by atoms with Gasteiger partial charge < -0.3 is 9.47 Å². The lowest BCUT2D eigenvalue weighted by Crippen LogP contribution is -2.26. The van der Waals surface area contributed by atoms with Crippen LogP contribution >= 0.6 is 23.2 Å². The van der Waals surface area contributed by atoms with E-state index in [0.29, 0.717) is 21.4 Å². The monoisotopic (exact) mass is 297 g/mol. The Morgan fingerprint density at radius 2 is 2.00 bits per heavy atom. The predicted molar refractivity (Wildman–Crippen MR) is 76.2 cm³/mol. The fraction of sp³-hybridized carbons (Fsp3) is 0.357. The highest BCUT2D eigenvalue weighted by Crippen LogP contribution is 2.31. The molecule has 19 heavy (non-hydrogen) atoms. The molecule has 5 heteroatoms. The molecule has 0 bridgehead atoms. The molecule has 0 atom stereocenters. The first-order valence-electron chi connectivity index (χ1n) is 6.23.